The highest BCUT2D eigenvalue weighted by Crippen LogP contribution is 2.33. The molecular formula is C18H19NO5S. The van der Waals surface area contributed by atoms with Crippen molar-refractivity contribution in [3.63, 3.8) is 0 Å². The Morgan fingerprint density at radius 3 is 2.68 bits per heavy atom. The fraction of sp³-hybridized carbons (Fsp3) is 0.278. The standard InChI is InChI=1S/C18H19NO5S/c1-25(21,22)12-13-4-2-5-14(10-13)18(20)19-11-15-6-3-7-16-17(15)24-9-8-23-16/h2-7,10H,8-9,11-12H2,1H3,(H,19,20). The van der Waals surface area contributed by atoms with Gasteiger partial charge in [0, 0.05) is 23.9 Å². The Balaban J connectivity index is 1.70. The van der Waals surface area contributed by atoms with E-state index >= 15 is 0 Å². The van der Waals surface area contributed by atoms with Crippen molar-refractivity contribution in [3.05, 3.63) is 59.2 Å². The maximum Gasteiger partial charge on any atom is 0.251 e. The first-order valence-corrected chi connectivity index (χ1v) is 9.91. The maximum absolute atomic E-state index is 12.4. The fourth-order valence-corrected chi connectivity index (χ4v) is 3.44. The molecule has 3 rings (SSSR count). The van der Waals surface area contributed by atoms with E-state index in [2.05, 4.69) is 5.32 Å². The second-order valence-corrected chi connectivity index (χ2v) is 8.03. The molecule has 0 radical (unpaired) electrons. The highest BCUT2D eigenvalue weighted by atomic mass is 32.2. The lowest BCUT2D eigenvalue weighted by Crippen LogP contribution is -2.24. The Kier molecular flexibility index (Phi) is 4.94. The molecule has 25 heavy (non-hydrogen) atoms. The average Bonchev–Trinajstić information content (AvgIpc) is 2.58. The molecule has 1 aliphatic rings. The van der Waals surface area contributed by atoms with E-state index in [-0.39, 0.29) is 11.7 Å². The number of hydrogen-bond donors (Lipinski definition) is 1. The van der Waals surface area contributed by atoms with Crippen molar-refractivity contribution in [2.45, 2.75) is 12.3 Å². The Hall–Kier alpha value is -2.54. The molecule has 2 aromatic rings. The molecule has 0 saturated heterocycles. The summed E-state index contributed by atoms with van der Waals surface area (Å²) in [5.74, 6) is 0.962. The molecule has 2 aromatic carbocycles. The van der Waals surface area contributed by atoms with E-state index in [9.17, 15) is 13.2 Å². The monoisotopic (exact) mass is 361 g/mol. The number of rotatable bonds is 5. The van der Waals surface area contributed by atoms with Gasteiger partial charge in [0.2, 0.25) is 0 Å². The lowest BCUT2D eigenvalue weighted by atomic mass is 10.1. The van der Waals surface area contributed by atoms with Gasteiger partial charge in [0.1, 0.15) is 13.2 Å². The van der Waals surface area contributed by atoms with Gasteiger partial charge < -0.3 is 14.8 Å². The molecule has 1 aliphatic heterocycles. The number of benzene rings is 2. The highest BCUT2D eigenvalue weighted by molar-refractivity contribution is 7.89. The fourth-order valence-electron chi connectivity index (χ4n) is 2.66. The number of carbonyl (C=O) groups excluding carboxylic acids is 1. The molecule has 1 N–H and O–H groups in total. The van der Waals surface area contributed by atoms with Gasteiger partial charge in [0.05, 0.1) is 5.75 Å². The Bertz CT molecular complexity index is 892. The molecule has 0 unspecified atom stereocenters. The maximum atomic E-state index is 12.4. The lowest BCUT2D eigenvalue weighted by molar-refractivity contribution is 0.0949. The number of nitrogens with one attached hydrogen (secondary N) is 1. The van der Waals surface area contributed by atoms with Crippen LogP contribution in [0.25, 0.3) is 0 Å². The molecule has 1 amide bonds. The topological polar surface area (TPSA) is 81.7 Å². The van der Waals surface area contributed by atoms with E-state index in [1.54, 1.807) is 24.3 Å². The molecule has 7 heteroatoms. The van der Waals surface area contributed by atoms with Gasteiger partial charge in [-0.1, -0.05) is 24.3 Å². The number of ether oxygens (including phenoxy) is 2. The van der Waals surface area contributed by atoms with Gasteiger partial charge in [-0.15, -0.1) is 0 Å². The molecular weight excluding hydrogens is 342 g/mol. The summed E-state index contributed by atoms with van der Waals surface area (Å²) in [6.45, 7) is 1.28. The first kappa shape index (κ1) is 17.3. The van der Waals surface area contributed by atoms with Gasteiger partial charge in [-0.2, -0.15) is 0 Å². The zero-order valence-corrected chi connectivity index (χ0v) is 14.6. The molecule has 6 nitrogen and oxygen atoms in total. The van der Waals surface area contributed by atoms with Gasteiger partial charge in [-0.3, -0.25) is 4.79 Å². The van der Waals surface area contributed by atoms with E-state index in [1.807, 2.05) is 18.2 Å². The van der Waals surface area contributed by atoms with E-state index in [0.717, 1.165) is 5.56 Å². The zero-order chi connectivity index (χ0) is 17.9. The predicted octanol–water partition coefficient (Wildman–Crippen LogP) is 1.93. The lowest BCUT2D eigenvalue weighted by Gasteiger charge is -2.21. The van der Waals surface area contributed by atoms with Crippen LogP contribution < -0.4 is 14.8 Å². The molecule has 1 heterocycles. The van der Waals surface area contributed by atoms with Crippen LogP contribution >= 0.6 is 0 Å². The third-order valence-electron chi connectivity index (χ3n) is 3.71. The van der Waals surface area contributed by atoms with Crippen molar-refractivity contribution in [2.24, 2.45) is 0 Å². The van der Waals surface area contributed by atoms with Gasteiger partial charge in [0.15, 0.2) is 21.3 Å². The minimum Gasteiger partial charge on any atom is -0.486 e. The van der Waals surface area contributed by atoms with Crippen molar-refractivity contribution < 1.29 is 22.7 Å². The van der Waals surface area contributed by atoms with Crippen LogP contribution in [0.1, 0.15) is 21.5 Å². The minimum absolute atomic E-state index is 0.0918. The largest absolute Gasteiger partial charge is 0.486 e. The van der Waals surface area contributed by atoms with Gasteiger partial charge in [-0.05, 0) is 23.8 Å². The van der Waals surface area contributed by atoms with Gasteiger partial charge >= 0.3 is 0 Å². The number of fused-ring (bicyclic) bond motifs is 1. The third-order valence-corrected chi connectivity index (χ3v) is 4.56. The molecule has 0 spiro atoms. The van der Waals surface area contributed by atoms with Crippen LogP contribution in [0, 0.1) is 0 Å². The van der Waals surface area contributed by atoms with Gasteiger partial charge in [0.25, 0.3) is 5.91 Å². The molecule has 0 aliphatic carbocycles. The number of para-hydroxylation sites is 1. The van der Waals surface area contributed by atoms with Crippen molar-refractivity contribution in [3.8, 4) is 11.5 Å². The summed E-state index contributed by atoms with van der Waals surface area (Å²) in [5, 5.41) is 2.83. The highest BCUT2D eigenvalue weighted by Gasteiger charge is 2.16. The second kappa shape index (κ2) is 7.14. The molecule has 132 valence electrons. The summed E-state index contributed by atoms with van der Waals surface area (Å²) >= 11 is 0. The smallest absolute Gasteiger partial charge is 0.251 e. The molecule has 0 fully saturated rings. The summed E-state index contributed by atoms with van der Waals surface area (Å²) in [5.41, 5.74) is 1.84. The molecule has 0 atom stereocenters. The van der Waals surface area contributed by atoms with Crippen LogP contribution in [0.2, 0.25) is 0 Å². The first-order chi connectivity index (χ1) is 11.9. The van der Waals surface area contributed by atoms with E-state index in [0.29, 0.717) is 42.4 Å². The minimum atomic E-state index is -3.15. The third kappa shape index (κ3) is 4.51. The summed E-state index contributed by atoms with van der Waals surface area (Å²) < 4.78 is 34.0. The predicted molar refractivity (Wildman–Crippen MR) is 93.6 cm³/mol. The van der Waals surface area contributed by atoms with Crippen molar-refractivity contribution in [2.75, 3.05) is 19.5 Å². The number of carbonyl (C=O) groups is 1. The van der Waals surface area contributed by atoms with Crippen LogP contribution in [-0.2, 0) is 22.1 Å². The summed E-state index contributed by atoms with van der Waals surface area (Å²) in [6, 6.07) is 12.2. The summed E-state index contributed by atoms with van der Waals surface area (Å²) in [7, 11) is -3.15. The molecule has 0 bridgehead atoms. The summed E-state index contributed by atoms with van der Waals surface area (Å²) in [6.07, 6.45) is 1.17. The Morgan fingerprint density at radius 2 is 1.88 bits per heavy atom. The normalized spacial score (nSPS) is 13.3. The van der Waals surface area contributed by atoms with Crippen LogP contribution in [-0.4, -0.2) is 33.8 Å². The second-order valence-electron chi connectivity index (χ2n) is 5.89. The Morgan fingerprint density at radius 1 is 1.12 bits per heavy atom. The van der Waals surface area contributed by atoms with Crippen molar-refractivity contribution in [1.29, 1.82) is 0 Å². The van der Waals surface area contributed by atoms with E-state index in [1.165, 1.54) is 6.26 Å². The van der Waals surface area contributed by atoms with E-state index < -0.39 is 9.84 Å². The number of amides is 1. The van der Waals surface area contributed by atoms with E-state index in [4.69, 9.17) is 9.47 Å². The molecule has 0 saturated carbocycles. The molecule has 0 aromatic heterocycles. The zero-order valence-electron chi connectivity index (χ0n) is 13.8. The van der Waals surface area contributed by atoms with Crippen molar-refractivity contribution >= 4 is 15.7 Å². The van der Waals surface area contributed by atoms with Crippen LogP contribution in [0.4, 0.5) is 0 Å². The van der Waals surface area contributed by atoms with Crippen LogP contribution in [0.3, 0.4) is 0 Å². The average molecular weight is 361 g/mol. The van der Waals surface area contributed by atoms with Gasteiger partial charge in [-0.25, -0.2) is 8.42 Å². The quantitative estimate of drug-likeness (QED) is 0.880. The number of sulfone groups is 1. The first-order valence-electron chi connectivity index (χ1n) is 7.85. The van der Waals surface area contributed by atoms with Crippen LogP contribution in [0.15, 0.2) is 42.5 Å². The van der Waals surface area contributed by atoms with Crippen LogP contribution in [0.5, 0.6) is 11.5 Å². The Labute approximate surface area is 146 Å². The summed E-state index contributed by atoms with van der Waals surface area (Å²) in [4.78, 5) is 12.4. The SMILES string of the molecule is CS(=O)(=O)Cc1cccc(C(=O)NCc2cccc3c2OCCO3)c1. The number of hydrogen-bond acceptors (Lipinski definition) is 5. The van der Waals surface area contributed by atoms with Crippen molar-refractivity contribution in [1.82, 2.24) is 5.32 Å².